The topological polar surface area (TPSA) is 63.7 Å². The predicted octanol–water partition coefficient (Wildman–Crippen LogP) is 4.69. The van der Waals surface area contributed by atoms with Crippen molar-refractivity contribution < 1.29 is 31.1 Å². The van der Waals surface area contributed by atoms with Crippen LogP contribution in [0.1, 0.15) is 47.9 Å². The third-order valence-corrected chi connectivity index (χ3v) is 7.66. The highest BCUT2D eigenvalue weighted by Gasteiger charge is 2.32. The molecule has 5 nitrogen and oxygen atoms in total. The number of esters is 1. The Morgan fingerprint density at radius 2 is 1.72 bits per heavy atom. The van der Waals surface area contributed by atoms with Gasteiger partial charge >= 0.3 is 12.1 Å². The van der Waals surface area contributed by atoms with Gasteiger partial charge in [-0.05, 0) is 73.6 Å². The molecule has 0 atom stereocenters. The van der Waals surface area contributed by atoms with Crippen molar-refractivity contribution >= 4 is 16.0 Å². The first-order valence-corrected chi connectivity index (χ1v) is 11.9. The molecule has 0 bridgehead atoms. The minimum Gasteiger partial charge on any atom is -0.466 e. The highest BCUT2D eigenvalue weighted by molar-refractivity contribution is 7.89. The first-order chi connectivity index (χ1) is 15.0. The van der Waals surface area contributed by atoms with Gasteiger partial charge in [-0.2, -0.15) is 17.5 Å². The van der Waals surface area contributed by atoms with Crippen molar-refractivity contribution in [3.05, 3.63) is 64.7 Å². The zero-order valence-electron chi connectivity index (χ0n) is 18.0. The van der Waals surface area contributed by atoms with E-state index in [4.69, 9.17) is 4.74 Å². The zero-order chi connectivity index (χ0) is 23.5. The second-order valence-corrected chi connectivity index (χ2v) is 9.81. The normalized spacial score (nSPS) is 16.2. The summed E-state index contributed by atoms with van der Waals surface area (Å²) in [6.45, 7) is 4.31. The molecule has 0 saturated carbocycles. The molecule has 1 saturated heterocycles. The smallest absolute Gasteiger partial charge is 0.416 e. The van der Waals surface area contributed by atoms with Crippen molar-refractivity contribution in [1.29, 1.82) is 0 Å². The first kappa shape index (κ1) is 24.3. The first-order valence-electron chi connectivity index (χ1n) is 10.4. The number of carbonyl (C=O) groups is 1. The van der Waals surface area contributed by atoms with Crippen molar-refractivity contribution in [3.8, 4) is 0 Å². The molecule has 0 spiro atoms. The summed E-state index contributed by atoms with van der Waals surface area (Å²) in [7, 11) is -3.75. The summed E-state index contributed by atoms with van der Waals surface area (Å²) < 4.78 is 71.0. The molecule has 0 N–H and O–H groups in total. The van der Waals surface area contributed by atoms with E-state index in [1.54, 1.807) is 19.9 Å². The Hall–Kier alpha value is -2.39. The molecule has 1 fully saturated rings. The highest BCUT2D eigenvalue weighted by Crippen LogP contribution is 2.34. The van der Waals surface area contributed by atoms with E-state index in [0.29, 0.717) is 18.4 Å². The molecule has 1 aliphatic heterocycles. The van der Waals surface area contributed by atoms with Crippen LogP contribution < -0.4 is 0 Å². The van der Waals surface area contributed by atoms with E-state index in [1.165, 1.54) is 28.6 Å². The number of rotatable bonds is 6. The fraction of sp³-hybridized carbons (Fsp3) is 0.435. The number of ether oxygens (including phenoxy) is 1. The van der Waals surface area contributed by atoms with E-state index >= 15 is 0 Å². The summed E-state index contributed by atoms with van der Waals surface area (Å²) in [5, 5.41) is 0. The summed E-state index contributed by atoms with van der Waals surface area (Å²) in [4.78, 5) is 12.0. The van der Waals surface area contributed by atoms with Crippen LogP contribution in [0.15, 0.2) is 47.4 Å². The summed E-state index contributed by atoms with van der Waals surface area (Å²) in [5.74, 6) is -0.413. The van der Waals surface area contributed by atoms with Gasteiger partial charge in [-0.15, -0.1) is 0 Å². The van der Waals surface area contributed by atoms with E-state index in [-0.39, 0.29) is 36.9 Å². The van der Waals surface area contributed by atoms with E-state index < -0.39 is 27.7 Å². The van der Waals surface area contributed by atoms with Gasteiger partial charge in [-0.25, -0.2) is 8.42 Å². The van der Waals surface area contributed by atoms with Crippen molar-refractivity contribution in [3.63, 3.8) is 0 Å². The Morgan fingerprint density at radius 3 is 2.28 bits per heavy atom. The van der Waals surface area contributed by atoms with Gasteiger partial charge in [0.05, 0.1) is 23.5 Å². The van der Waals surface area contributed by atoms with Crippen LogP contribution in [0.25, 0.3) is 0 Å². The summed E-state index contributed by atoms with van der Waals surface area (Å²) >= 11 is 0. The Balaban J connectivity index is 1.70. The second-order valence-electron chi connectivity index (χ2n) is 7.87. The number of carbonyl (C=O) groups excluding carboxylic acids is 1. The molecule has 3 rings (SSSR count). The van der Waals surface area contributed by atoms with Crippen LogP contribution in [0.3, 0.4) is 0 Å². The molecule has 0 aromatic heterocycles. The number of benzene rings is 2. The summed E-state index contributed by atoms with van der Waals surface area (Å²) in [6, 6.07) is 9.80. The minimum absolute atomic E-state index is 0.000964. The number of piperidine rings is 1. The second kappa shape index (κ2) is 9.62. The average Bonchev–Trinajstić information content (AvgIpc) is 2.75. The van der Waals surface area contributed by atoms with E-state index in [9.17, 15) is 26.4 Å². The molecule has 32 heavy (non-hydrogen) atoms. The number of aryl methyl sites for hydroxylation is 1. The van der Waals surface area contributed by atoms with Gasteiger partial charge in [-0.3, -0.25) is 4.79 Å². The maximum absolute atomic E-state index is 13.1. The quantitative estimate of drug-likeness (QED) is 0.576. The molecule has 2 aromatic rings. The predicted molar refractivity (Wildman–Crippen MR) is 114 cm³/mol. The molecule has 0 amide bonds. The van der Waals surface area contributed by atoms with Gasteiger partial charge < -0.3 is 4.74 Å². The van der Waals surface area contributed by atoms with Crippen LogP contribution in [-0.4, -0.2) is 38.4 Å². The molecule has 1 heterocycles. The van der Waals surface area contributed by atoms with Crippen LogP contribution in [-0.2, 0) is 32.2 Å². The highest BCUT2D eigenvalue weighted by atomic mass is 32.2. The number of hydrogen-bond donors (Lipinski definition) is 0. The SMILES string of the molecule is CCOC(=O)Cc1cc(S(=O)(=O)N2CCC(c3ccc(C(F)(F)F)cc3)CC2)ccc1C. The number of sulfonamides is 1. The van der Waals surface area contributed by atoms with E-state index in [2.05, 4.69) is 0 Å². The van der Waals surface area contributed by atoms with Crippen molar-refractivity contribution in [2.75, 3.05) is 19.7 Å². The Labute approximate surface area is 186 Å². The van der Waals surface area contributed by atoms with Gasteiger partial charge in [0.2, 0.25) is 10.0 Å². The zero-order valence-corrected chi connectivity index (χ0v) is 18.8. The maximum Gasteiger partial charge on any atom is 0.416 e. The maximum atomic E-state index is 13.1. The number of halogens is 3. The third kappa shape index (κ3) is 5.50. The molecular formula is C23H26F3NO4S. The minimum atomic E-state index is -4.38. The lowest BCUT2D eigenvalue weighted by Crippen LogP contribution is -2.38. The average molecular weight is 470 g/mol. The van der Waals surface area contributed by atoms with Crippen LogP contribution in [0.2, 0.25) is 0 Å². The molecular weight excluding hydrogens is 443 g/mol. The van der Waals surface area contributed by atoms with Gasteiger partial charge in [0, 0.05) is 13.1 Å². The van der Waals surface area contributed by atoms with Gasteiger partial charge in [0.1, 0.15) is 0 Å². The van der Waals surface area contributed by atoms with Gasteiger partial charge in [0.15, 0.2) is 0 Å². The van der Waals surface area contributed by atoms with Crippen LogP contribution >= 0.6 is 0 Å². The van der Waals surface area contributed by atoms with Crippen molar-refractivity contribution in [1.82, 2.24) is 4.31 Å². The van der Waals surface area contributed by atoms with Gasteiger partial charge in [0.25, 0.3) is 0 Å². The number of nitrogens with zero attached hydrogens (tertiary/aromatic N) is 1. The fourth-order valence-corrected chi connectivity index (χ4v) is 5.41. The van der Waals surface area contributed by atoms with Crippen LogP contribution in [0.4, 0.5) is 13.2 Å². The third-order valence-electron chi connectivity index (χ3n) is 5.76. The summed E-state index contributed by atoms with van der Waals surface area (Å²) in [5.41, 5.74) is 1.49. The molecule has 1 aliphatic rings. The fourth-order valence-electron chi connectivity index (χ4n) is 3.89. The standard InChI is InChI=1S/C23H26F3NO4S/c1-3-31-22(28)15-19-14-21(9-4-16(19)2)32(29,30)27-12-10-18(11-13-27)17-5-7-20(8-6-17)23(24,25)26/h4-9,14,18H,3,10-13,15H2,1-2H3. The monoisotopic (exact) mass is 469 g/mol. The van der Waals surface area contributed by atoms with Crippen LogP contribution in [0.5, 0.6) is 0 Å². The molecule has 0 unspecified atom stereocenters. The lowest BCUT2D eigenvalue weighted by atomic mass is 9.90. The Bertz CT molecular complexity index is 1060. The van der Waals surface area contributed by atoms with Crippen LogP contribution in [0, 0.1) is 6.92 Å². The Morgan fingerprint density at radius 1 is 1.09 bits per heavy atom. The molecule has 0 radical (unpaired) electrons. The van der Waals surface area contributed by atoms with E-state index in [1.807, 2.05) is 0 Å². The molecule has 174 valence electrons. The number of hydrogen-bond acceptors (Lipinski definition) is 4. The summed E-state index contributed by atoms with van der Waals surface area (Å²) in [6.07, 6.45) is -3.34. The van der Waals surface area contributed by atoms with Gasteiger partial charge in [-0.1, -0.05) is 18.2 Å². The number of alkyl halides is 3. The van der Waals surface area contributed by atoms with E-state index in [0.717, 1.165) is 23.3 Å². The Kier molecular flexibility index (Phi) is 7.29. The van der Waals surface area contributed by atoms with Crippen molar-refractivity contribution in [2.45, 2.75) is 50.1 Å². The lowest BCUT2D eigenvalue weighted by Gasteiger charge is -2.31. The van der Waals surface area contributed by atoms with Crippen molar-refractivity contribution in [2.24, 2.45) is 0 Å². The molecule has 9 heteroatoms. The molecule has 0 aliphatic carbocycles. The lowest BCUT2D eigenvalue weighted by molar-refractivity contribution is -0.142. The molecule has 2 aromatic carbocycles. The largest absolute Gasteiger partial charge is 0.466 e.